The normalized spacial score (nSPS) is 17.8. The van der Waals surface area contributed by atoms with Gasteiger partial charge in [-0.25, -0.2) is 4.98 Å². The summed E-state index contributed by atoms with van der Waals surface area (Å²) in [7, 11) is 0. The Balaban J connectivity index is 1.33. The van der Waals surface area contributed by atoms with Gasteiger partial charge in [0.15, 0.2) is 0 Å². The van der Waals surface area contributed by atoms with Crippen LogP contribution in [0.2, 0.25) is 0 Å². The molecule has 1 saturated heterocycles. The highest BCUT2D eigenvalue weighted by Gasteiger charge is 2.24. The van der Waals surface area contributed by atoms with E-state index in [-0.39, 0.29) is 5.56 Å². The second-order valence-electron chi connectivity index (χ2n) is 8.53. The van der Waals surface area contributed by atoms with Gasteiger partial charge in [0, 0.05) is 57.2 Å². The van der Waals surface area contributed by atoms with E-state index >= 15 is 0 Å². The Morgan fingerprint density at radius 1 is 1.17 bits per heavy atom. The third kappa shape index (κ3) is 3.77. The molecule has 7 nitrogen and oxygen atoms in total. The first-order valence-electron chi connectivity index (χ1n) is 10.8. The zero-order chi connectivity index (χ0) is 20.5. The predicted octanol–water partition coefficient (Wildman–Crippen LogP) is 2.75. The highest BCUT2D eigenvalue weighted by atomic mass is 16.1. The van der Waals surface area contributed by atoms with E-state index in [1.807, 2.05) is 12.3 Å². The summed E-state index contributed by atoms with van der Waals surface area (Å²) >= 11 is 0. The number of aromatic amines is 1. The van der Waals surface area contributed by atoms with Gasteiger partial charge in [-0.15, -0.1) is 0 Å². The average molecular weight is 405 g/mol. The molecule has 7 heteroatoms. The van der Waals surface area contributed by atoms with Crippen LogP contribution in [0.5, 0.6) is 0 Å². The quantitative estimate of drug-likeness (QED) is 0.724. The fraction of sp³-hybridized carbons (Fsp3) is 0.435. The van der Waals surface area contributed by atoms with Crippen molar-refractivity contribution in [3.8, 4) is 5.69 Å². The number of aromatic nitrogens is 4. The van der Waals surface area contributed by atoms with Crippen molar-refractivity contribution in [3.05, 3.63) is 70.2 Å². The summed E-state index contributed by atoms with van der Waals surface area (Å²) in [5, 5.41) is 0. The van der Waals surface area contributed by atoms with E-state index in [0.29, 0.717) is 6.54 Å². The van der Waals surface area contributed by atoms with E-state index in [4.69, 9.17) is 4.98 Å². The third-order valence-electron chi connectivity index (χ3n) is 6.36. The van der Waals surface area contributed by atoms with E-state index in [0.717, 1.165) is 74.3 Å². The monoisotopic (exact) mass is 404 g/mol. The van der Waals surface area contributed by atoms with Gasteiger partial charge in [0.05, 0.1) is 23.1 Å². The standard InChI is InChI=1S/C23H28N6O/c1-17-6-12-28(13-7-17)23-25-21-8-11-27(16-20(21)22(30)26-23)15-19-5-3-10-29(19)18-4-2-9-24-14-18/h2-5,9-10,14,17H,6-8,11-13,15-16H2,1H3,(H,25,26,30). The van der Waals surface area contributed by atoms with Crippen molar-refractivity contribution in [1.82, 2.24) is 24.4 Å². The molecule has 0 aliphatic carbocycles. The summed E-state index contributed by atoms with van der Waals surface area (Å²) in [6, 6.07) is 8.19. The molecule has 0 spiro atoms. The molecule has 2 aliphatic heterocycles. The Morgan fingerprint density at radius 3 is 2.83 bits per heavy atom. The largest absolute Gasteiger partial charge is 0.342 e. The first-order chi connectivity index (χ1) is 14.7. The lowest BCUT2D eigenvalue weighted by molar-refractivity contribution is 0.237. The second kappa shape index (κ2) is 8.07. The molecule has 30 heavy (non-hydrogen) atoms. The summed E-state index contributed by atoms with van der Waals surface area (Å²) in [6.45, 7) is 6.55. The molecule has 5 rings (SSSR count). The molecule has 0 unspecified atom stereocenters. The van der Waals surface area contributed by atoms with Crippen molar-refractivity contribution in [2.75, 3.05) is 24.5 Å². The maximum absolute atomic E-state index is 12.9. The molecule has 0 radical (unpaired) electrons. The molecular weight excluding hydrogens is 376 g/mol. The Morgan fingerprint density at radius 2 is 2.03 bits per heavy atom. The summed E-state index contributed by atoms with van der Waals surface area (Å²) in [4.78, 5) is 29.6. The maximum Gasteiger partial charge on any atom is 0.257 e. The molecule has 2 aliphatic rings. The van der Waals surface area contributed by atoms with Gasteiger partial charge in [0.2, 0.25) is 5.95 Å². The van der Waals surface area contributed by atoms with E-state index in [2.05, 4.69) is 55.7 Å². The summed E-state index contributed by atoms with van der Waals surface area (Å²) in [5.41, 5.74) is 4.03. The van der Waals surface area contributed by atoms with Crippen LogP contribution in [-0.2, 0) is 19.5 Å². The molecule has 1 fully saturated rings. The van der Waals surface area contributed by atoms with Gasteiger partial charge in [0.25, 0.3) is 5.56 Å². The Kier molecular flexibility index (Phi) is 5.12. The number of nitrogens with one attached hydrogen (secondary N) is 1. The number of rotatable bonds is 4. The van der Waals surface area contributed by atoms with E-state index < -0.39 is 0 Å². The van der Waals surface area contributed by atoms with Gasteiger partial charge >= 0.3 is 0 Å². The van der Waals surface area contributed by atoms with E-state index in [9.17, 15) is 4.79 Å². The SMILES string of the molecule is CC1CCN(c2nc3c(c(=O)[nH]2)CN(Cc2cccn2-c2cccnc2)CC3)CC1. The summed E-state index contributed by atoms with van der Waals surface area (Å²) < 4.78 is 2.16. The number of hydrogen-bond acceptors (Lipinski definition) is 5. The minimum absolute atomic E-state index is 0.0148. The topological polar surface area (TPSA) is 70.1 Å². The van der Waals surface area contributed by atoms with Crippen molar-refractivity contribution in [3.63, 3.8) is 0 Å². The molecule has 0 saturated carbocycles. The minimum Gasteiger partial charge on any atom is -0.342 e. The van der Waals surface area contributed by atoms with Crippen molar-refractivity contribution in [1.29, 1.82) is 0 Å². The van der Waals surface area contributed by atoms with Crippen LogP contribution >= 0.6 is 0 Å². The van der Waals surface area contributed by atoms with Gasteiger partial charge < -0.3 is 9.47 Å². The Hall–Kier alpha value is -2.93. The van der Waals surface area contributed by atoms with Crippen LogP contribution < -0.4 is 10.5 Å². The van der Waals surface area contributed by atoms with Crippen LogP contribution in [0.1, 0.15) is 36.7 Å². The number of hydrogen-bond donors (Lipinski definition) is 1. The molecule has 3 aromatic heterocycles. The molecular formula is C23H28N6O. The van der Waals surface area contributed by atoms with Crippen molar-refractivity contribution in [2.24, 2.45) is 5.92 Å². The average Bonchev–Trinajstić information content (AvgIpc) is 3.23. The smallest absolute Gasteiger partial charge is 0.257 e. The fourth-order valence-corrected chi connectivity index (χ4v) is 4.50. The molecule has 156 valence electrons. The minimum atomic E-state index is 0.0148. The number of fused-ring (bicyclic) bond motifs is 1. The number of H-pyrrole nitrogens is 1. The van der Waals surface area contributed by atoms with Gasteiger partial charge in [0.1, 0.15) is 0 Å². The van der Waals surface area contributed by atoms with Crippen LogP contribution in [0.4, 0.5) is 5.95 Å². The molecule has 1 N–H and O–H groups in total. The van der Waals surface area contributed by atoms with E-state index in [1.165, 1.54) is 5.69 Å². The lowest BCUT2D eigenvalue weighted by atomic mass is 9.99. The molecule has 0 bridgehead atoms. The first-order valence-corrected chi connectivity index (χ1v) is 10.8. The zero-order valence-corrected chi connectivity index (χ0v) is 17.4. The lowest BCUT2D eigenvalue weighted by Crippen LogP contribution is -2.39. The van der Waals surface area contributed by atoms with Gasteiger partial charge in [-0.2, -0.15) is 0 Å². The number of anilines is 1. The number of nitrogens with zero attached hydrogens (tertiary/aromatic N) is 5. The van der Waals surface area contributed by atoms with Crippen molar-refractivity contribution in [2.45, 2.75) is 39.3 Å². The molecule has 0 atom stereocenters. The Labute approximate surface area is 176 Å². The van der Waals surface area contributed by atoms with Crippen LogP contribution in [-0.4, -0.2) is 44.1 Å². The van der Waals surface area contributed by atoms with Crippen LogP contribution in [0.15, 0.2) is 47.7 Å². The number of pyridine rings is 1. The zero-order valence-electron chi connectivity index (χ0n) is 17.4. The fourth-order valence-electron chi connectivity index (χ4n) is 4.50. The first kappa shape index (κ1) is 19.1. The Bertz CT molecular complexity index is 1060. The van der Waals surface area contributed by atoms with Gasteiger partial charge in [-0.3, -0.25) is 19.7 Å². The van der Waals surface area contributed by atoms with Crippen molar-refractivity contribution < 1.29 is 0 Å². The molecule has 0 aromatic carbocycles. The lowest BCUT2D eigenvalue weighted by Gasteiger charge is -2.32. The molecule has 3 aromatic rings. The van der Waals surface area contributed by atoms with Crippen molar-refractivity contribution >= 4 is 5.95 Å². The summed E-state index contributed by atoms with van der Waals surface area (Å²) in [6.07, 6.45) is 8.84. The van der Waals surface area contributed by atoms with Gasteiger partial charge in [-0.05, 0) is 43.0 Å². The van der Waals surface area contributed by atoms with Crippen LogP contribution in [0, 0.1) is 5.92 Å². The van der Waals surface area contributed by atoms with Crippen LogP contribution in [0.3, 0.4) is 0 Å². The highest BCUT2D eigenvalue weighted by Crippen LogP contribution is 2.23. The molecule has 0 amide bonds. The van der Waals surface area contributed by atoms with Crippen LogP contribution in [0.25, 0.3) is 5.69 Å². The predicted molar refractivity (Wildman–Crippen MR) is 117 cm³/mol. The molecule has 5 heterocycles. The van der Waals surface area contributed by atoms with Gasteiger partial charge in [-0.1, -0.05) is 6.92 Å². The highest BCUT2D eigenvalue weighted by molar-refractivity contribution is 5.35. The summed E-state index contributed by atoms with van der Waals surface area (Å²) in [5.74, 6) is 1.51. The third-order valence-corrected chi connectivity index (χ3v) is 6.36. The number of piperidine rings is 1. The van der Waals surface area contributed by atoms with E-state index in [1.54, 1.807) is 6.20 Å². The second-order valence-corrected chi connectivity index (χ2v) is 8.53. The maximum atomic E-state index is 12.9.